The molecule has 0 spiro atoms. The fraction of sp³-hybridized carbons (Fsp3) is 0.625. The molecule has 1 heterocycles. The van der Waals surface area contributed by atoms with Crippen LogP contribution >= 0.6 is 11.8 Å². The molecular formula is C16H25NO2S. The van der Waals surface area contributed by atoms with E-state index in [-0.39, 0.29) is 0 Å². The Bertz CT molecular complexity index is 425. The van der Waals surface area contributed by atoms with E-state index in [0.29, 0.717) is 12.1 Å². The quantitative estimate of drug-likeness (QED) is 0.778. The predicted octanol–water partition coefficient (Wildman–Crippen LogP) is 3.64. The van der Waals surface area contributed by atoms with Crippen LogP contribution in [0.5, 0.6) is 11.5 Å². The Hall–Kier alpha value is -0.870. The highest BCUT2D eigenvalue weighted by atomic mass is 32.2. The van der Waals surface area contributed by atoms with Crippen molar-refractivity contribution in [2.24, 2.45) is 0 Å². The van der Waals surface area contributed by atoms with Gasteiger partial charge < -0.3 is 14.8 Å². The van der Waals surface area contributed by atoms with Gasteiger partial charge in [-0.3, -0.25) is 0 Å². The van der Waals surface area contributed by atoms with Crippen molar-refractivity contribution < 1.29 is 9.47 Å². The molecule has 2 atom stereocenters. The summed E-state index contributed by atoms with van der Waals surface area (Å²) in [5.41, 5.74) is 1.23. The molecule has 0 saturated carbocycles. The first-order chi connectivity index (χ1) is 9.78. The number of benzene rings is 1. The lowest BCUT2D eigenvalue weighted by Gasteiger charge is -2.33. The zero-order chi connectivity index (χ0) is 14.4. The second-order valence-corrected chi connectivity index (χ2v) is 6.11. The van der Waals surface area contributed by atoms with Gasteiger partial charge in [0.05, 0.1) is 7.11 Å². The van der Waals surface area contributed by atoms with Crippen LogP contribution in [0.3, 0.4) is 0 Å². The number of methoxy groups -OCH3 is 1. The van der Waals surface area contributed by atoms with Gasteiger partial charge in [-0.25, -0.2) is 0 Å². The standard InChI is InChI=1S/C16H25NO2S/c1-4-17-15-11-13(6-5-9-20-3)19-16-8-7-12(18-2)10-14(15)16/h7-8,10,13,15,17H,4-6,9,11H2,1-3H3. The first-order valence-electron chi connectivity index (χ1n) is 7.35. The number of nitrogens with one attached hydrogen (secondary N) is 1. The Balaban J connectivity index is 2.11. The summed E-state index contributed by atoms with van der Waals surface area (Å²) in [5, 5.41) is 3.57. The summed E-state index contributed by atoms with van der Waals surface area (Å²) >= 11 is 1.90. The van der Waals surface area contributed by atoms with Gasteiger partial charge in [0.25, 0.3) is 0 Å². The molecule has 0 bridgehead atoms. The minimum atomic E-state index is 0.326. The first kappa shape index (κ1) is 15.5. The lowest BCUT2D eigenvalue weighted by atomic mass is 9.94. The van der Waals surface area contributed by atoms with Gasteiger partial charge in [0, 0.05) is 18.0 Å². The Morgan fingerprint density at radius 1 is 1.45 bits per heavy atom. The SMILES string of the molecule is CCNC1CC(CCCSC)Oc2ccc(OC)cc21. The molecular weight excluding hydrogens is 270 g/mol. The summed E-state index contributed by atoms with van der Waals surface area (Å²) in [7, 11) is 1.71. The molecule has 1 N–H and O–H groups in total. The van der Waals surface area contributed by atoms with Crippen LogP contribution in [0.2, 0.25) is 0 Å². The van der Waals surface area contributed by atoms with Crippen molar-refractivity contribution in [3.8, 4) is 11.5 Å². The summed E-state index contributed by atoms with van der Waals surface area (Å²) in [6.45, 7) is 3.12. The van der Waals surface area contributed by atoms with Crippen molar-refractivity contribution >= 4 is 11.8 Å². The fourth-order valence-electron chi connectivity index (χ4n) is 2.72. The maximum absolute atomic E-state index is 6.15. The highest BCUT2D eigenvalue weighted by molar-refractivity contribution is 7.98. The molecule has 20 heavy (non-hydrogen) atoms. The molecule has 0 fully saturated rings. The van der Waals surface area contributed by atoms with E-state index in [4.69, 9.17) is 9.47 Å². The second kappa shape index (κ2) is 7.79. The van der Waals surface area contributed by atoms with Gasteiger partial charge in [0.15, 0.2) is 0 Å². The summed E-state index contributed by atoms with van der Waals surface area (Å²) in [6, 6.07) is 6.49. The van der Waals surface area contributed by atoms with Crippen LogP contribution in [0.25, 0.3) is 0 Å². The maximum atomic E-state index is 6.15. The van der Waals surface area contributed by atoms with E-state index in [1.165, 1.54) is 17.7 Å². The van der Waals surface area contributed by atoms with Crippen LogP contribution in [-0.4, -0.2) is 31.8 Å². The lowest BCUT2D eigenvalue weighted by molar-refractivity contribution is 0.140. The van der Waals surface area contributed by atoms with Gasteiger partial charge in [0.1, 0.15) is 17.6 Å². The molecule has 1 aromatic rings. The molecule has 0 amide bonds. The molecule has 1 aliphatic heterocycles. The Kier molecular flexibility index (Phi) is 6.05. The molecule has 2 rings (SSSR count). The summed E-state index contributed by atoms with van der Waals surface area (Å²) in [5.74, 6) is 3.12. The molecule has 1 aliphatic rings. The van der Waals surface area contributed by atoms with E-state index in [0.717, 1.165) is 30.9 Å². The molecule has 0 radical (unpaired) electrons. The van der Waals surface area contributed by atoms with Crippen LogP contribution in [0.1, 0.15) is 37.8 Å². The van der Waals surface area contributed by atoms with E-state index in [9.17, 15) is 0 Å². The molecule has 1 aromatic carbocycles. The smallest absolute Gasteiger partial charge is 0.124 e. The zero-order valence-corrected chi connectivity index (χ0v) is 13.5. The molecule has 3 nitrogen and oxygen atoms in total. The number of thioether (sulfide) groups is 1. The molecule has 4 heteroatoms. The van der Waals surface area contributed by atoms with E-state index < -0.39 is 0 Å². The molecule has 0 saturated heterocycles. The zero-order valence-electron chi connectivity index (χ0n) is 12.6. The Labute approximate surface area is 126 Å². The average Bonchev–Trinajstić information content (AvgIpc) is 2.47. The summed E-state index contributed by atoms with van der Waals surface area (Å²) in [4.78, 5) is 0. The van der Waals surface area contributed by atoms with Crippen molar-refractivity contribution in [3.63, 3.8) is 0 Å². The first-order valence-corrected chi connectivity index (χ1v) is 8.74. The third-order valence-corrected chi connectivity index (χ3v) is 4.41. The lowest BCUT2D eigenvalue weighted by Crippen LogP contribution is -2.33. The van der Waals surface area contributed by atoms with Gasteiger partial charge in [-0.2, -0.15) is 11.8 Å². The second-order valence-electron chi connectivity index (χ2n) is 5.12. The van der Waals surface area contributed by atoms with E-state index in [2.05, 4.69) is 24.6 Å². The van der Waals surface area contributed by atoms with Gasteiger partial charge in [-0.05, 0) is 49.6 Å². The van der Waals surface area contributed by atoms with Crippen LogP contribution in [0, 0.1) is 0 Å². The topological polar surface area (TPSA) is 30.5 Å². The molecule has 0 aliphatic carbocycles. The van der Waals surface area contributed by atoms with Gasteiger partial charge in [0.2, 0.25) is 0 Å². The van der Waals surface area contributed by atoms with Crippen LogP contribution < -0.4 is 14.8 Å². The summed E-state index contributed by atoms with van der Waals surface area (Å²) < 4.78 is 11.5. The van der Waals surface area contributed by atoms with Crippen molar-refractivity contribution in [1.82, 2.24) is 5.32 Å². The molecule has 2 unspecified atom stereocenters. The minimum Gasteiger partial charge on any atom is -0.497 e. The van der Waals surface area contributed by atoms with Gasteiger partial charge in [-0.1, -0.05) is 6.92 Å². The minimum absolute atomic E-state index is 0.326. The monoisotopic (exact) mass is 295 g/mol. The van der Waals surface area contributed by atoms with Crippen molar-refractivity contribution in [3.05, 3.63) is 23.8 Å². The normalized spacial score (nSPS) is 21.1. The van der Waals surface area contributed by atoms with E-state index in [1.807, 2.05) is 23.9 Å². The third-order valence-electron chi connectivity index (χ3n) is 3.71. The van der Waals surface area contributed by atoms with Crippen molar-refractivity contribution in [2.75, 3.05) is 25.7 Å². The largest absolute Gasteiger partial charge is 0.497 e. The van der Waals surface area contributed by atoms with Crippen LogP contribution in [0.15, 0.2) is 18.2 Å². The van der Waals surface area contributed by atoms with Crippen LogP contribution in [0.4, 0.5) is 0 Å². The van der Waals surface area contributed by atoms with Crippen LogP contribution in [-0.2, 0) is 0 Å². The average molecular weight is 295 g/mol. The van der Waals surface area contributed by atoms with Gasteiger partial charge in [-0.15, -0.1) is 0 Å². The summed E-state index contributed by atoms with van der Waals surface area (Å²) in [6.07, 6.45) is 5.88. The van der Waals surface area contributed by atoms with Crippen molar-refractivity contribution in [1.29, 1.82) is 0 Å². The number of rotatable bonds is 7. The third kappa shape index (κ3) is 3.83. The van der Waals surface area contributed by atoms with Crippen molar-refractivity contribution in [2.45, 2.75) is 38.3 Å². The molecule has 0 aromatic heterocycles. The Morgan fingerprint density at radius 2 is 2.30 bits per heavy atom. The number of hydrogen-bond donors (Lipinski definition) is 1. The van der Waals surface area contributed by atoms with E-state index in [1.54, 1.807) is 7.11 Å². The Morgan fingerprint density at radius 3 is 3.00 bits per heavy atom. The number of hydrogen-bond acceptors (Lipinski definition) is 4. The van der Waals surface area contributed by atoms with E-state index >= 15 is 0 Å². The number of ether oxygens (including phenoxy) is 2. The maximum Gasteiger partial charge on any atom is 0.124 e. The highest BCUT2D eigenvalue weighted by Crippen LogP contribution is 2.38. The highest BCUT2D eigenvalue weighted by Gasteiger charge is 2.27. The predicted molar refractivity (Wildman–Crippen MR) is 86.1 cm³/mol. The molecule has 112 valence electrons. The number of fused-ring (bicyclic) bond motifs is 1. The van der Waals surface area contributed by atoms with Gasteiger partial charge >= 0.3 is 0 Å². The fourth-order valence-corrected chi connectivity index (χ4v) is 3.18.